The van der Waals surface area contributed by atoms with Gasteiger partial charge in [-0.25, -0.2) is 9.78 Å². The first kappa shape index (κ1) is 23.3. The molecule has 5 N–H and O–H groups in total. The van der Waals surface area contributed by atoms with E-state index in [1.165, 1.54) is 16.7 Å². The number of nitrogens with one attached hydrogen (secondary N) is 2. The monoisotopic (exact) mass is 488 g/mol. The van der Waals surface area contributed by atoms with Crippen molar-refractivity contribution < 1.29 is 24.3 Å². The summed E-state index contributed by atoms with van der Waals surface area (Å²) in [6.07, 6.45) is 0. The number of alkyl halides is 1. The van der Waals surface area contributed by atoms with Gasteiger partial charge in [0.05, 0.1) is 5.88 Å². The fraction of sp³-hybridized carbons (Fsp3) is 0.471. The number of nitrogens with zero attached hydrogens (tertiary/aromatic N) is 3. The van der Waals surface area contributed by atoms with Crippen LogP contribution in [0.4, 0.5) is 5.13 Å². The number of halogens is 1. The van der Waals surface area contributed by atoms with Crippen LogP contribution in [0.5, 0.6) is 0 Å². The van der Waals surface area contributed by atoms with Crippen molar-refractivity contribution in [1.82, 2.24) is 20.5 Å². The number of amides is 2. The van der Waals surface area contributed by atoms with Gasteiger partial charge >= 0.3 is 5.97 Å². The van der Waals surface area contributed by atoms with E-state index in [0.717, 1.165) is 11.3 Å². The number of thioether (sulfide) groups is 1. The van der Waals surface area contributed by atoms with Crippen molar-refractivity contribution in [1.29, 1.82) is 0 Å². The third-order valence-corrected chi connectivity index (χ3v) is 6.60. The van der Waals surface area contributed by atoms with Gasteiger partial charge in [-0.3, -0.25) is 14.5 Å². The number of aromatic nitrogens is 1. The van der Waals surface area contributed by atoms with Crippen molar-refractivity contribution >= 4 is 63.3 Å². The predicted molar refractivity (Wildman–Crippen MR) is 118 cm³/mol. The Kier molecular flexibility index (Phi) is 7.75. The van der Waals surface area contributed by atoms with Crippen LogP contribution in [-0.4, -0.2) is 81.2 Å². The maximum atomic E-state index is 12.8. The first-order valence-corrected chi connectivity index (χ1v) is 11.7. The molecule has 0 bridgehead atoms. The second-order valence-electron chi connectivity index (χ2n) is 6.43. The molecule has 1 fully saturated rings. The van der Waals surface area contributed by atoms with Gasteiger partial charge in [0.2, 0.25) is 0 Å². The maximum Gasteiger partial charge on any atom is 0.352 e. The molecule has 3 heterocycles. The number of hydrogen-bond donors (Lipinski definition) is 4. The lowest BCUT2D eigenvalue weighted by Crippen LogP contribution is -2.71. The number of likely N-dealkylation sites (N-methyl/N-ethyl adjacent to an activating group) is 1. The lowest BCUT2D eigenvalue weighted by Gasteiger charge is -2.49. The van der Waals surface area contributed by atoms with Crippen LogP contribution in [0, 0.1) is 0 Å². The van der Waals surface area contributed by atoms with Gasteiger partial charge < -0.3 is 26.3 Å². The fourth-order valence-electron chi connectivity index (χ4n) is 3.05. The van der Waals surface area contributed by atoms with E-state index in [4.69, 9.17) is 22.2 Å². The van der Waals surface area contributed by atoms with Crippen LogP contribution in [0.1, 0.15) is 12.6 Å². The number of carboxylic acid groups (broad SMARTS) is 1. The van der Waals surface area contributed by atoms with Crippen LogP contribution < -0.4 is 16.4 Å². The second kappa shape index (κ2) is 10.3. The third kappa shape index (κ3) is 4.95. The standard InChI is InChI=1S/C17H21ClN6O5S2/c1-2-20-5-8-6-30-15-11(14(26)24(15)12(8)16(27)28)22-13(25)10(23-29-4-3-18)9-7-31-17(19)21-9/h7,11,15,20H,2-6H2,1H3,(H2,19,21)(H,22,25)(H,27,28)/b23-10-/t11?,15-/m0/s1. The number of fused-ring (bicyclic) bond motifs is 1. The summed E-state index contributed by atoms with van der Waals surface area (Å²) in [5.74, 6) is -1.76. The maximum absolute atomic E-state index is 12.8. The summed E-state index contributed by atoms with van der Waals surface area (Å²) in [6, 6.07) is -0.901. The molecule has 0 spiro atoms. The van der Waals surface area contributed by atoms with Gasteiger partial charge in [0.1, 0.15) is 29.4 Å². The normalized spacial score (nSPS) is 20.9. The molecule has 1 unspecified atom stereocenters. The van der Waals surface area contributed by atoms with Crippen molar-refractivity contribution in [3.63, 3.8) is 0 Å². The summed E-state index contributed by atoms with van der Waals surface area (Å²) in [5, 5.41) is 20.4. The van der Waals surface area contributed by atoms with E-state index in [0.29, 0.717) is 24.4 Å². The number of hydrogen-bond acceptors (Lipinski definition) is 10. The minimum Gasteiger partial charge on any atom is -0.477 e. The zero-order valence-electron chi connectivity index (χ0n) is 16.5. The zero-order valence-corrected chi connectivity index (χ0v) is 18.9. The molecule has 2 aliphatic heterocycles. The molecule has 0 aliphatic carbocycles. The minimum atomic E-state index is -1.17. The Morgan fingerprint density at radius 2 is 2.29 bits per heavy atom. The number of carboxylic acids is 1. The lowest BCUT2D eigenvalue weighted by molar-refractivity contribution is -0.150. The average molecular weight is 489 g/mol. The molecule has 11 nitrogen and oxygen atoms in total. The predicted octanol–water partition coefficient (Wildman–Crippen LogP) is 0.0329. The lowest BCUT2D eigenvalue weighted by atomic mass is 10.0. The first-order valence-electron chi connectivity index (χ1n) is 9.27. The van der Waals surface area contributed by atoms with Gasteiger partial charge in [0.15, 0.2) is 10.8 Å². The SMILES string of the molecule is CCNCC1=C(C(=O)O)N2C(=O)C(NC(=O)/C(=N\OCCCl)c3csc(N)n3)[C@@H]2SC1. The van der Waals surface area contributed by atoms with E-state index >= 15 is 0 Å². The van der Waals surface area contributed by atoms with E-state index in [-0.39, 0.29) is 34.7 Å². The summed E-state index contributed by atoms with van der Waals surface area (Å²) in [5.41, 5.74) is 6.29. The largest absolute Gasteiger partial charge is 0.477 e. The number of carbonyl (C=O) groups is 3. The van der Waals surface area contributed by atoms with Crippen molar-refractivity contribution in [3.8, 4) is 0 Å². The topological polar surface area (TPSA) is 159 Å². The molecule has 14 heteroatoms. The van der Waals surface area contributed by atoms with Gasteiger partial charge in [0.25, 0.3) is 11.8 Å². The second-order valence-corrected chi connectivity index (χ2v) is 8.80. The van der Waals surface area contributed by atoms with E-state index in [1.54, 1.807) is 5.38 Å². The number of aliphatic carboxylic acids is 1. The first-order chi connectivity index (χ1) is 14.9. The number of carbonyl (C=O) groups excluding carboxylic acids is 2. The average Bonchev–Trinajstić information content (AvgIpc) is 3.18. The van der Waals surface area contributed by atoms with Crippen LogP contribution in [0.3, 0.4) is 0 Å². The highest BCUT2D eigenvalue weighted by Crippen LogP contribution is 2.40. The van der Waals surface area contributed by atoms with Crippen molar-refractivity contribution in [3.05, 3.63) is 22.3 Å². The summed E-state index contributed by atoms with van der Waals surface area (Å²) < 4.78 is 0. The van der Waals surface area contributed by atoms with Gasteiger partial charge in [-0.1, -0.05) is 12.1 Å². The molecular formula is C17H21ClN6O5S2. The Balaban J connectivity index is 1.77. The summed E-state index contributed by atoms with van der Waals surface area (Å²) in [4.78, 5) is 47.7. The zero-order chi connectivity index (χ0) is 22.5. The number of thiazole rings is 1. The minimum absolute atomic E-state index is 0.0354. The van der Waals surface area contributed by atoms with Gasteiger partial charge in [0, 0.05) is 17.7 Å². The molecule has 3 rings (SSSR count). The number of nitrogen functional groups attached to an aromatic ring is 1. The van der Waals surface area contributed by atoms with Gasteiger partial charge in [-0.05, 0) is 12.1 Å². The molecule has 1 saturated heterocycles. The summed E-state index contributed by atoms with van der Waals surface area (Å²) >= 11 is 8.08. The molecule has 168 valence electrons. The molecule has 2 aliphatic rings. The molecule has 31 heavy (non-hydrogen) atoms. The molecule has 1 aromatic heterocycles. The molecule has 0 saturated carbocycles. The number of rotatable bonds is 10. The smallest absolute Gasteiger partial charge is 0.352 e. The van der Waals surface area contributed by atoms with E-state index in [2.05, 4.69) is 20.8 Å². The fourth-order valence-corrected chi connectivity index (χ4v) is 5.01. The Morgan fingerprint density at radius 1 is 1.52 bits per heavy atom. The quantitative estimate of drug-likeness (QED) is 0.117. The molecule has 0 radical (unpaired) electrons. The Hall–Kier alpha value is -2.35. The van der Waals surface area contributed by atoms with E-state index in [9.17, 15) is 19.5 Å². The molecule has 2 atom stereocenters. The molecular weight excluding hydrogens is 468 g/mol. The van der Waals surface area contributed by atoms with Gasteiger partial charge in [-0.2, -0.15) is 0 Å². The Bertz CT molecular complexity index is 936. The van der Waals surface area contributed by atoms with Crippen LogP contribution in [-0.2, 0) is 19.2 Å². The van der Waals surface area contributed by atoms with Crippen LogP contribution in [0.15, 0.2) is 21.8 Å². The highest BCUT2D eigenvalue weighted by atomic mass is 35.5. The molecule has 0 aromatic carbocycles. The van der Waals surface area contributed by atoms with Crippen molar-refractivity contribution in [2.24, 2.45) is 5.16 Å². The highest BCUT2D eigenvalue weighted by Gasteiger charge is 2.54. The highest BCUT2D eigenvalue weighted by molar-refractivity contribution is 8.00. The molecule has 2 amide bonds. The summed E-state index contributed by atoms with van der Waals surface area (Å²) in [7, 11) is 0. The molecule has 1 aromatic rings. The number of anilines is 1. The van der Waals surface area contributed by atoms with Crippen LogP contribution in [0.2, 0.25) is 0 Å². The Labute approximate surface area is 191 Å². The number of nitrogens with two attached hydrogens (primary N) is 1. The van der Waals surface area contributed by atoms with Crippen molar-refractivity contribution in [2.75, 3.05) is 37.1 Å². The Morgan fingerprint density at radius 3 is 2.90 bits per heavy atom. The van der Waals surface area contributed by atoms with Crippen LogP contribution >= 0.6 is 34.7 Å². The van der Waals surface area contributed by atoms with Crippen LogP contribution in [0.25, 0.3) is 0 Å². The van der Waals surface area contributed by atoms with Gasteiger partial charge in [-0.15, -0.1) is 34.7 Å². The van der Waals surface area contributed by atoms with Crippen molar-refractivity contribution in [2.45, 2.75) is 18.3 Å². The van der Waals surface area contributed by atoms with E-state index < -0.39 is 29.2 Å². The number of β-lactam (4-membered cyclic amide) rings is 1. The summed E-state index contributed by atoms with van der Waals surface area (Å²) in [6.45, 7) is 3.03. The van der Waals surface area contributed by atoms with E-state index in [1.807, 2.05) is 6.92 Å². The third-order valence-electron chi connectivity index (χ3n) is 4.43. The number of oxime groups is 1.